The summed E-state index contributed by atoms with van der Waals surface area (Å²) in [7, 11) is 0. The molecule has 0 unspecified atom stereocenters. The van der Waals surface area contributed by atoms with Gasteiger partial charge in [0.05, 0.1) is 11.4 Å². The van der Waals surface area contributed by atoms with Crippen molar-refractivity contribution in [2.24, 2.45) is 0 Å². The molecule has 2 nitrogen and oxygen atoms in total. The Morgan fingerprint density at radius 1 is 0.950 bits per heavy atom. The summed E-state index contributed by atoms with van der Waals surface area (Å²) in [5, 5.41) is 7.30. The topological polar surface area (TPSA) is 28.7 Å². The van der Waals surface area contributed by atoms with Crippen molar-refractivity contribution in [3.05, 3.63) is 63.3 Å². The Balaban J connectivity index is 2.04. The summed E-state index contributed by atoms with van der Waals surface area (Å²) < 4.78 is 14.9. The summed E-state index contributed by atoms with van der Waals surface area (Å²) in [6.07, 6.45) is 0. The van der Waals surface area contributed by atoms with Gasteiger partial charge in [0, 0.05) is 20.1 Å². The highest BCUT2D eigenvalue weighted by Crippen LogP contribution is 2.35. The van der Waals surface area contributed by atoms with Gasteiger partial charge in [0.15, 0.2) is 0 Å². The van der Waals surface area contributed by atoms with Gasteiger partial charge < -0.3 is 0 Å². The predicted molar refractivity (Wildman–Crippen MR) is 84.8 cm³/mol. The zero-order chi connectivity index (χ0) is 14.1. The van der Waals surface area contributed by atoms with Crippen molar-refractivity contribution < 1.29 is 4.39 Å². The molecule has 0 aliphatic heterocycles. The second-order valence-electron chi connectivity index (χ2n) is 4.27. The molecule has 0 atom stereocenters. The lowest BCUT2D eigenvalue weighted by Crippen LogP contribution is -1.81. The van der Waals surface area contributed by atoms with E-state index in [0.717, 1.165) is 31.5 Å². The second kappa shape index (κ2) is 5.50. The SMILES string of the molecule is Fc1ccc(-c2cc(-c3c(Br)cccc3Br)[nH]n2)cc1. The van der Waals surface area contributed by atoms with Gasteiger partial charge in [-0.1, -0.05) is 37.9 Å². The van der Waals surface area contributed by atoms with Gasteiger partial charge in [0.2, 0.25) is 0 Å². The maximum atomic E-state index is 12.9. The lowest BCUT2D eigenvalue weighted by atomic mass is 10.1. The van der Waals surface area contributed by atoms with E-state index in [0.29, 0.717) is 0 Å². The van der Waals surface area contributed by atoms with Crippen LogP contribution in [0.3, 0.4) is 0 Å². The van der Waals surface area contributed by atoms with Gasteiger partial charge in [-0.25, -0.2) is 4.39 Å². The van der Waals surface area contributed by atoms with Gasteiger partial charge in [-0.3, -0.25) is 5.10 Å². The van der Waals surface area contributed by atoms with Crippen LogP contribution < -0.4 is 0 Å². The summed E-state index contributed by atoms with van der Waals surface area (Å²) >= 11 is 7.06. The molecule has 0 aliphatic carbocycles. The Kier molecular flexibility index (Phi) is 3.72. The normalized spacial score (nSPS) is 10.8. The average molecular weight is 396 g/mol. The lowest BCUT2D eigenvalue weighted by molar-refractivity contribution is 0.628. The van der Waals surface area contributed by atoms with Crippen molar-refractivity contribution in [2.45, 2.75) is 0 Å². The highest BCUT2D eigenvalue weighted by atomic mass is 79.9. The molecule has 1 heterocycles. The number of benzene rings is 2. The summed E-state index contributed by atoms with van der Waals surface area (Å²) in [4.78, 5) is 0. The van der Waals surface area contributed by atoms with E-state index in [9.17, 15) is 4.39 Å². The standard InChI is InChI=1S/C15H9Br2FN2/c16-11-2-1-3-12(17)15(11)14-8-13(19-20-14)9-4-6-10(18)7-5-9/h1-8H,(H,19,20). The molecule has 1 aromatic heterocycles. The summed E-state index contributed by atoms with van der Waals surface area (Å²) in [5.74, 6) is -0.252. The van der Waals surface area contributed by atoms with E-state index in [-0.39, 0.29) is 5.82 Å². The molecular weight excluding hydrogens is 387 g/mol. The van der Waals surface area contributed by atoms with E-state index in [2.05, 4.69) is 42.1 Å². The second-order valence-corrected chi connectivity index (χ2v) is 5.98. The molecule has 20 heavy (non-hydrogen) atoms. The zero-order valence-electron chi connectivity index (χ0n) is 10.2. The predicted octanol–water partition coefficient (Wildman–Crippen LogP) is 5.41. The van der Waals surface area contributed by atoms with Crippen LogP contribution in [0.5, 0.6) is 0 Å². The van der Waals surface area contributed by atoms with E-state index >= 15 is 0 Å². The fourth-order valence-electron chi connectivity index (χ4n) is 1.97. The van der Waals surface area contributed by atoms with Crippen LogP contribution >= 0.6 is 31.9 Å². The van der Waals surface area contributed by atoms with Crippen LogP contribution in [0, 0.1) is 5.82 Å². The third-order valence-corrected chi connectivity index (χ3v) is 4.27. The van der Waals surface area contributed by atoms with E-state index in [4.69, 9.17) is 0 Å². The molecule has 2 aromatic carbocycles. The smallest absolute Gasteiger partial charge is 0.123 e. The maximum absolute atomic E-state index is 12.9. The maximum Gasteiger partial charge on any atom is 0.123 e. The number of nitrogens with one attached hydrogen (secondary N) is 1. The van der Waals surface area contributed by atoms with Gasteiger partial charge in [-0.15, -0.1) is 0 Å². The first-order valence-corrected chi connectivity index (χ1v) is 7.49. The van der Waals surface area contributed by atoms with Gasteiger partial charge in [0.1, 0.15) is 5.82 Å². The van der Waals surface area contributed by atoms with Crippen molar-refractivity contribution >= 4 is 31.9 Å². The molecule has 0 radical (unpaired) electrons. The number of nitrogens with zero attached hydrogens (tertiary/aromatic N) is 1. The van der Waals surface area contributed by atoms with Crippen LogP contribution in [0.25, 0.3) is 22.5 Å². The monoisotopic (exact) mass is 394 g/mol. The molecule has 0 fully saturated rings. The van der Waals surface area contributed by atoms with Crippen LogP contribution in [-0.2, 0) is 0 Å². The summed E-state index contributed by atoms with van der Waals surface area (Å²) in [6, 6.07) is 14.1. The van der Waals surface area contributed by atoms with Gasteiger partial charge in [0.25, 0.3) is 0 Å². The third kappa shape index (κ3) is 2.55. The summed E-state index contributed by atoms with van der Waals surface area (Å²) in [6.45, 7) is 0. The minimum atomic E-state index is -0.252. The number of hydrogen-bond donors (Lipinski definition) is 1. The third-order valence-electron chi connectivity index (χ3n) is 2.95. The Bertz CT molecular complexity index is 731. The van der Waals surface area contributed by atoms with Gasteiger partial charge in [-0.05, 0) is 42.5 Å². The van der Waals surface area contributed by atoms with Crippen LogP contribution in [-0.4, -0.2) is 10.2 Å². The minimum Gasteiger partial charge on any atom is -0.277 e. The fraction of sp³-hybridized carbons (Fsp3) is 0. The molecule has 100 valence electrons. The largest absolute Gasteiger partial charge is 0.277 e. The molecule has 1 N–H and O–H groups in total. The first kappa shape index (κ1) is 13.5. The van der Waals surface area contributed by atoms with Gasteiger partial charge >= 0.3 is 0 Å². The van der Waals surface area contributed by atoms with Crippen molar-refractivity contribution in [2.75, 3.05) is 0 Å². The Hall–Kier alpha value is -1.46. The quantitative estimate of drug-likeness (QED) is 0.617. The molecule has 0 aliphatic rings. The van der Waals surface area contributed by atoms with E-state index in [1.54, 1.807) is 12.1 Å². The van der Waals surface area contributed by atoms with Crippen molar-refractivity contribution in [1.82, 2.24) is 10.2 Å². The summed E-state index contributed by atoms with van der Waals surface area (Å²) in [5.41, 5.74) is 3.55. The number of halogens is 3. The average Bonchev–Trinajstić information content (AvgIpc) is 2.89. The van der Waals surface area contributed by atoms with E-state index in [1.165, 1.54) is 12.1 Å². The van der Waals surface area contributed by atoms with Crippen LogP contribution in [0.15, 0.2) is 57.5 Å². The van der Waals surface area contributed by atoms with Crippen LogP contribution in [0.2, 0.25) is 0 Å². The highest BCUT2D eigenvalue weighted by molar-refractivity contribution is 9.11. The van der Waals surface area contributed by atoms with E-state index in [1.807, 2.05) is 24.3 Å². The molecule has 0 bridgehead atoms. The van der Waals surface area contributed by atoms with E-state index < -0.39 is 0 Å². The number of rotatable bonds is 2. The number of hydrogen-bond acceptors (Lipinski definition) is 1. The number of aromatic amines is 1. The van der Waals surface area contributed by atoms with Gasteiger partial charge in [-0.2, -0.15) is 5.10 Å². The fourth-order valence-corrected chi connectivity index (χ4v) is 3.40. The molecule has 0 saturated carbocycles. The highest BCUT2D eigenvalue weighted by Gasteiger charge is 2.11. The molecule has 3 rings (SSSR count). The molecule has 3 aromatic rings. The lowest BCUT2D eigenvalue weighted by Gasteiger charge is -2.03. The number of H-pyrrole nitrogens is 1. The molecule has 5 heteroatoms. The van der Waals surface area contributed by atoms with Crippen LogP contribution in [0.1, 0.15) is 0 Å². The van der Waals surface area contributed by atoms with Crippen molar-refractivity contribution in [1.29, 1.82) is 0 Å². The van der Waals surface area contributed by atoms with Crippen molar-refractivity contribution in [3.63, 3.8) is 0 Å². The first-order valence-electron chi connectivity index (χ1n) is 5.91. The van der Waals surface area contributed by atoms with Crippen molar-refractivity contribution in [3.8, 4) is 22.5 Å². The Morgan fingerprint density at radius 3 is 2.25 bits per heavy atom. The molecular formula is C15H9Br2FN2. The Labute approximate surface area is 132 Å². The van der Waals surface area contributed by atoms with Crippen LogP contribution in [0.4, 0.5) is 4.39 Å². The Morgan fingerprint density at radius 2 is 1.60 bits per heavy atom. The molecule has 0 saturated heterocycles. The minimum absolute atomic E-state index is 0.252. The number of aromatic nitrogens is 2. The zero-order valence-corrected chi connectivity index (χ0v) is 13.4. The first-order chi connectivity index (χ1) is 9.65. The molecule has 0 spiro atoms. The molecule has 0 amide bonds.